The predicted molar refractivity (Wildman–Crippen MR) is 117 cm³/mol. The normalized spacial score (nSPS) is 17.1. The molecule has 1 aliphatic rings. The molecule has 1 saturated heterocycles. The number of aromatic nitrogens is 1. The van der Waals surface area contributed by atoms with Gasteiger partial charge in [0.05, 0.1) is 24.9 Å². The first-order valence-corrected chi connectivity index (χ1v) is 12.0. The lowest BCUT2D eigenvalue weighted by atomic mass is 10.0. The molecule has 2 amide bonds. The Balaban J connectivity index is 1.93. The number of benzene rings is 1. The number of hydrogen-bond acceptors (Lipinski definition) is 7. The number of anilines is 1. The van der Waals surface area contributed by atoms with Gasteiger partial charge in [0.15, 0.2) is 0 Å². The molecule has 0 bridgehead atoms. The molecular formula is C19H25N5O5S2. The van der Waals surface area contributed by atoms with Gasteiger partial charge in [-0.2, -0.15) is 17.4 Å². The molecule has 10 nitrogen and oxygen atoms in total. The van der Waals surface area contributed by atoms with E-state index in [1.54, 1.807) is 24.3 Å². The van der Waals surface area contributed by atoms with Crippen LogP contribution in [0.4, 0.5) is 5.00 Å². The number of morpholine rings is 1. The van der Waals surface area contributed by atoms with Crippen LogP contribution < -0.4 is 15.4 Å². The number of amides is 2. The van der Waals surface area contributed by atoms with Crippen molar-refractivity contribution in [2.45, 2.75) is 25.4 Å². The molecule has 168 valence electrons. The van der Waals surface area contributed by atoms with Crippen LogP contribution in [0.2, 0.25) is 0 Å². The third-order valence-corrected chi connectivity index (χ3v) is 7.27. The highest BCUT2D eigenvalue weighted by atomic mass is 32.2. The van der Waals surface area contributed by atoms with Crippen LogP contribution in [0.15, 0.2) is 42.0 Å². The van der Waals surface area contributed by atoms with E-state index in [9.17, 15) is 18.0 Å². The summed E-state index contributed by atoms with van der Waals surface area (Å²) >= 11 is 1.16. The van der Waals surface area contributed by atoms with Crippen molar-refractivity contribution < 1.29 is 22.7 Å². The number of carbonyl (C=O) groups excluding carboxylic acids is 2. The Morgan fingerprint density at radius 1 is 1.29 bits per heavy atom. The number of nitrogens with zero attached hydrogens (tertiary/aromatic N) is 3. The quantitative estimate of drug-likeness (QED) is 0.538. The van der Waals surface area contributed by atoms with Crippen molar-refractivity contribution in [2.24, 2.45) is 5.73 Å². The summed E-state index contributed by atoms with van der Waals surface area (Å²) in [6.07, 6.45) is 1.54. The van der Waals surface area contributed by atoms with Crippen molar-refractivity contribution in [2.75, 3.05) is 31.2 Å². The van der Waals surface area contributed by atoms with E-state index >= 15 is 0 Å². The minimum absolute atomic E-state index is 0.101. The smallest absolute Gasteiger partial charge is 0.280 e. The lowest BCUT2D eigenvalue weighted by Crippen LogP contribution is -2.58. The molecule has 0 unspecified atom stereocenters. The van der Waals surface area contributed by atoms with Crippen LogP contribution in [0.25, 0.3) is 0 Å². The van der Waals surface area contributed by atoms with E-state index in [2.05, 4.69) is 9.71 Å². The van der Waals surface area contributed by atoms with Gasteiger partial charge in [0.25, 0.3) is 10.2 Å². The van der Waals surface area contributed by atoms with Crippen LogP contribution in [-0.2, 0) is 31.0 Å². The first kappa shape index (κ1) is 23.3. The highest BCUT2D eigenvalue weighted by molar-refractivity contribution is 7.87. The molecule has 0 saturated carbocycles. The standard InChI is InChI=1S/C19H25N5O5S2/c1-14(18(20)25)24(17-12-21-13-30-17)19(26)16(11-15-5-3-2-4-6-15)22-31(27,28)23-7-9-29-10-8-23/h2-6,12-14,16,22H,7-11H2,1H3,(H2,20,25)/t14-,16-/m0/s1. The first-order chi connectivity index (χ1) is 14.8. The summed E-state index contributed by atoms with van der Waals surface area (Å²) in [6, 6.07) is 6.91. The number of primary amides is 1. The summed E-state index contributed by atoms with van der Waals surface area (Å²) in [5.41, 5.74) is 7.75. The Labute approximate surface area is 185 Å². The van der Waals surface area contributed by atoms with Gasteiger partial charge in [0, 0.05) is 13.1 Å². The van der Waals surface area contributed by atoms with Crippen LogP contribution >= 0.6 is 11.3 Å². The Kier molecular flexibility index (Phi) is 7.73. The fraction of sp³-hybridized carbons (Fsp3) is 0.421. The monoisotopic (exact) mass is 467 g/mol. The maximum absolute atomic E-state index is 13.6. The Hall–Kier alpha value is -2.38. The van der Waals surface area contributed by atoms with Crippen molar-refractivity contribution in [3.63, 3.8) is 0 Å². The fourth-order valence-electron chi connectivity index (χ4n) is 3.18. The lowest BCUT2D eigenvalue weighted by molar-refractivity contribution is -0.125. The molecule has 1 fully saturated rings. The molecule has 0 aliphatic carbocycles. The van der Waals surface area contributed by atoms with Gasteiger partial charge in [0.2, 0.25) is 11.8 Å². The third kappa shape index (κ3) is 5.86. The largest absolute Gasteiger partial charge is 0.379 e. The van der Waals surface area contributed by atoms with Crippen LogP contribution in [0.5, 0.6) is 0 Å². The van der Waals surface area contributed by atoms with Crippen LogP contribution in [-0.4, -0.2) is 67.9 Å². The molecule has 0 radical (unpaired) electrons. The number of ether oxygens (including phenoxy) is 1. The molecule has 1 aromatic heterocycles. The van der Waals surface area contributed by atoms with Gasteiger partial charge in [-0.05, 0) is 18.9 Å². The maximum Gasteiger partial charge on any atom is 0.280 e. The Morgan fingerprint density at radius 3 is 2.55 bits per heavy atom. The van der Waals surface area contributed by atoms with Crippen LogP contribution in [0, 0.1) is 0 Å². The van der Waals surface area contributed by atoms with E-state index < -0.39 is 34.1 Å². The highest BCUT2D eigenvalue weighted by Gasteiger charge is 2.36. The number of hydrogen-bond donors (Lipinski definition) is 2. The van der Waals surface area contributed by atoms with Crippen molar-refractivity contribution in [3.05, 3.63) is 47.6 Å². The molecule has 1 aliphatic heterocycles. The summed E-state index contributed by atoms with van der Waals surface area (Å²) in [4.78, 5) is 30.7. The molecule has 2 atom stereocenters. The zero-order chi connectivity index (χ0) is 22.4. The van der Waals surface area contributed by atoms with Crippen molar-refractivity contribution >= 4 is 38.4 Å². The highest BCUT2D eigenvalue weighted by Crippen LogP contribution is 2.24. The Bertz CT molecular complexity index is 978. The summed E-state index contributed by atoms with van der Waals surface area (Å²) in [5.74, 6) is -1.30. The van der Waals surface area contributed by atoms with Crippen molar-refractivity contribution in [1.82, 2.24) is 14.0 Å². The van der Waals surface area contributed by atoms with E-state index in [0.717, 1.165) is 16.9 Å². The molecule has 0 spiro atoms. The van der Waals surface area contributed by atoms with E-state index in [-0.39, 0.29) is 32.7 Å². The molecule has 12 heteroatoms. The maximum atomic E-state index is 13.6. The summed E-state index contributed by atoms with van der Waals surface area (Å²) < 4.78 is 35.0. The van der Waals surface area contributed by atoms with Crippen LogP contribution in [0.1, 0.15) is 12.5 Å². The average Bonchev–Trinajstić information content (AvgIpc) is 3.29. The third-order valence-electron chi connectivity index (χ3n) is 4.88. The van der Waals surface area contributed by atoms with Crippen molar-refractivity contribution in [1.29, 1.82) is 0 Å². The zero-order valence-corrected chi connectivity index (χ0v) is 18.6. The fourth-order valence-corrected chi connectivity index (χ4v) is 5.22. The molecule has 3 N–H and O–H groups in total. The van der Waals surface area contributed by atoms with Gasteiger partial charge in [-0.1, -0.05) is 30.3 Å². The van der Waals surface area contributed by atoms with Crippen molar-refractivity contribution in [3.8, 4) is 0 Å². The zero-order valence-electron chi connectivity index (χ0n) is 17.0. The number of nitrogens with one attached hydrogen (secondary N) is 1. The molecule has 3 rings (SSSR count). The second-order valence-electron chi connectivity index (χ2n) is 7.00. The van der Waals surface area contributed by atoms with E-state index in [1.165, 1.54) is 27.8 Å². The second-order valence-corrected chi connectivity index (χ2v) is 9.57. The molecular weight excluding hydrogens is 442 g/mol. The van der Waals surface area contributed by atoms with Gasteiger partial charge < -0.3 is 10.5 Å². The average molecular weight is 468 g/mol. The number of nitrogens with two attached hydrogens (primary N) is 1. The topological polar surface area (TPSA) is 135 Å². The molecule has 2 aromatic rings. The number of thiazole rings is 1. The van der Waals surface area contributed by atoms with Gasteiger partial charge in [-0.15, -0.1) is 11.3 Å². The van der Waals surface area contributed by atoms with E-state index in [4.69, 9.17) is 10.5 Å². The van der Waals surface area contributed by atoms with E-state index in [0.29, 0.717) is 5.00 Å². The summed E-state index contributed by atoms with van der Waals surface area (Å²) in [6.45, 7) is 2.44. The van der Waals surface area contributed by atoms with Gasteiger partial charge in [-0.25, -0.2) is 0 Å². The minimum atomic E-state index is -3.97. The van der Waals surface area contributed by atoms with Crippen LogP contribution in [0.3, 0.4) is 0 Å². The van der Waals surface area contributed by atoms with Gasteiger partial charge in [-0.3, -0.25) is 19.5 Å². The van der Waals surface area contributed by atoms with Gasteiger partial charge >= 0.3 is 0 Å². The molecule has 1 aromatic carbocycles. The minimum Gasteiger partial charge on any atom is -0.379 e. The molecule has 2 heterocycles. The summed E-state index contributed by atoms with van der Waals surface area (Å²) in [5, 5.41) is 0.403. The molecule has 31 heavy (non-hydrogen) atoms. The second kappa shape index (κ2) is 10.3. The number of carbonyl (C=O) groups is 2. The van der Waals surface area contributed by atoms with Gasteiger partial charge in [0.1, 0.15) is 17.1 Å². The number of rotatable bonds is 9. The first-order valence-electron chi connectivity index (χ1n) is 9.69. The lowest BCUT2D eigenvalue weighted by Gasteiger charge is -2.32. The summed E-state index contributed by atoms with van der Waals surface area (Å²) in [7, 11) is -3.97. The Morgan fingerprint density at radius 2 is 1.97 bits per heavy atom. The SMILES string of the molecule is C[C@@H](C(N)=O)N(C(=O)[C@H](Cc1ccccc1)NS(=O)(=O)N1CCOCC1)c1cncs1. The van der Waals surface area contributed by atoms with E-state index in [1.807, 2.05) is 6.07 Å². The predicted octanol–water partition coefficient (Wildman–Crippen LogP) is 0.128.